The number of hydrogen-bond donors (Lipinski definition) is 1. The van der Waals surface area contributed by atoms with E-state index in [4.69, 9.17) is 11.0 Å². The van der Waals surface area contributed by atoms with Gasteiger partial charge in [0, 0.05) is 11.4 Å². The molecule has 19 heavy (non-hydrogen) atoms. The van der Waals surface area contributed by atoms with Crippen molar-refractivity contribution in [1.82, 2.24) is 14.5 Å². The van der Waals surface area contributed by atoms with E-state index in [2.05, 4.69) is 9.97 Å². The molecule has 1 aliphatic carbocycles. The standard InChI is InChI=1S/C13H13N5O/c1-7-10-5-8(6-14)12(19)18(9-3-2-4-9)11(10)17-13(15)16-7/h5,9H,2-4H2,1H3,(H2,15,16,17). The van der Waals surface area contributed by atoms with Gasteiger partial charge in [0.1, 0.15) is 17.3 Å². The van der Waals surface area contributed by atoms with Gasteiger partial charge in [0.05, 0.1) is 5.69 Å². The molecule has 96 valence electrons. The summed E-state index contributed by atoms with van der Waals surface area (Å²) in [5.74, 6) is 0.155. The van der Waals surface area contributed by atoms with Crippen molar-refractivity contribution in [2.75, 3.05) is 5.73 Å². The van der Waals surface area contributed by atoms with E-state index in [1.807, 2.05) is 6.07 Å². The summed E-state index contributed by atoms with van der Waals surface area (Å²) in [4.78, 5) is 20.6. The van der Waals surface area contributed by atoms with E-state index in [0.29, 0.717) is 11.3 Å². The predicted molar refractivity (Wildman–Crippen MR) is 70.6 cm³/mol. The quantitative estimate of drug-likeness (QED) is 0.827. The average Bonchev–Trinajstić information content (AvgIpc) is 2.30. The summed E-state index contributed by atoms with van der Waals surface area (Å²) in [6.45, 7) is 1.80. The summed E-state index contributed by atoms with van der Waals surface area (Å²) in [5, 5.41) is 9.81. The van der Waals surface area contributed by atoms with Crippen LogP contribution in [0.5, 0.6) is 0 Å². The molecular weight excluding hydrogens is 242 g/mol. The van der Waals surface area contributed by atoms with E-state index >= 15 is 0 Å². The Hall–Kier alpha value is -2.42. The van der Waals surface area contributed by atoms with Crippen LogP contribution in [0.4, 0.5) is 5.95 Å². The zero-order chi connectivity index (χ0) is 13.6. The Morgan fingerprint density at radius 2 is 2.21 bits per heavy atom. The van der Waals surface area contributed by atoms with E-state index in [9.17, 15) is 4.79 Å². The van der Waals surface area contributed by atoms with Gasteiger partial charge in [0.25, 0.3) is 5.56 Å². The molecule has 0 aromatic carbocycles. The maximum absolute atomic E-state index is 12.3. The van der Waals surface area contributed by atoms with Crippen LogP contribution < -0.4 is 11.3 Å². The number of rotatable bonds is 1. The van der Waals surface area contributed by atoms with Gasteiger partial charge in [-0.05, 0) is 32.3 Å². The number of nitrogens with two attached hydrogens (primary N) is 1. The van der Waals surface area contributed by atoms with Crippen molar-refractivity contribution < 1.29 is 0 Å². The fourth-order valence-electron chi connectivity index (χ4n) is 2.44. The van der Waals surface area contributed by atoms with Crippen molar-refractivity contribution in [2.24, 2.45) is 0 Å². The number of hydrogen-bond acceptors (Lipinski definition) is 5. The van der Waals surface area contributed by atoms with Gasteiger partial charge in [-0.25, -0.2) is 4.98 Å². The van der Waals surface area contributed by atoms with Crippen LogP contribution >= 0.6 is 0 Å². The lowest BCUT2D eigenvalue weighted by atomic mass is 9.92. The first kappa shape index (κ1) is 11.7. The molecule has 0 spiro atoms. The molecule has 1 aliphatic rings. The van der Waals surface area contributed by atoms with Crippen LogP contribution in [0.25, 0.3) is 11.0 Å². The topological polar surface area (TPSA) is 97.6 Å². The molecule has 2 aromatic heterocycles. The third-order valence-corrected chi connectivity index (χ3v) is 3.66. The largest absolute Gasteiger partial charge is 0.368 e. The summed E-state index contributed by atoms with van der Waals surface area (Å²) in [6, 6.07) is 3.63. The summed E-state index contributed by atoms with van der Waals surface area (Å²) < 4.78 is 1.61. The molecule has 2 aromatic rings. The van der Waals surface area contributed by atoms with Crippen LogP contribution in [-0.2, 0) is 0 Å². The lowest BCUT2D eigenvalue weighted by Crippen LogP contribution is -2.31. The summed E-state index contributed by atoms with van der Waals surface area (Å²) in [7, 11) is 0. The Balaban J connectivity index is 2.45. The van der Waals surface area contributed by atoms with Crippen molar-refractivity contribution in [2.45, 2.75) is 32.2 Å². The van der Waals surface area contributed by atoms with Gasteiger partial charge >= 0.3 is 0 Å². The molecule has 2 N–H and O–H groups in total. The molecule has 1 fully saturated rings. The third-order valence-electron chi connectivity index (χ3n) is 3.66. The van der Waals surface area contributed by atoms with E-state index in [-0.39, 0.29) is 23.1 Å². The molecule has 6 heteroatoms. The molecule has 0 amide bonds. The van der Waals surface area contributed by atoms with Gasteiger partial charge in [-0.1, -0.05) is 0 Å². The van der Waals surface area contributed by atoms with Crippen LogP contribution in [0.3, 0.4) is 0 Å². The van der Waals surface area contributed by atoms with Crippen LogP contribution in [0.2, 0.25) is 0 Å². The minimum absolute atomic E-state index is 0.122. The van der Waals surface area contributed by atoms with E-state index in [1.165, 1.54) is 0 Å². The van der Waals surface area contributed by atoms with Crippen molar-refractivity contribution >= 4 is 17.0 Å². The van der Waals surface area contributed by atoms with Crippen LogP contribution in [0, 0.1) is 18.3 Å². The van der Waals surface area contributed by atoms with Gasteiger partial charge in [-0.2, -0.15) is 10.2 Å². The van der Waals surface area contributed by atoms with Crippen LogP contribution in [0.15, 0.2) is 10.9 Å². The molecule has 2 heterocycles. The maximum Gasteiger partial charge on any atom is 0.270 e. The van der Waals surface area contributed by atoms with Crippen molar-refractivity contribution in [3.05, 3.63) is 27.7 Å². The average molecular weight is 255 g/mol. The summed E-state index contributed by atoms with van der Waals surface area (Å²) in [5.41, 5.74) is 6.75. The highest BCUT2D eigenvalue weighted by molar-refractivity contribution is 5.80. The number of nitrogens with zero attached hydrogens (tertiary/aromatic N) is 4. The first-order valence-corrected chi connectivity index (χ1v) is 6.21. The SMILES string of the molecule is Cc1nc(N)nc2c1cc(C#N)c(=O)n2C1CCC1. The Morgan fingerprint density at radius 1 is 1.47 bits per heavy atom. The zero-order valence-electron chi connectivity index (χ0n) is 10.6. The first-order chi connectivity index (χ1) is 9.11. The number of anilines is 1. The Bertz CT molecular complexity index is 767. The molecule has 0 radical (unpaired) electrons. The van der Waals surface area contributed by atoms with E-state index in [0.717, 1.165) is 24.6 Å². The second kappa shape index (κ2) is 4.05. The highest BCUT2D eigenvalue weighted by Gasteiger charge is 2.25. The maximum atomic E-state index is 12.3. The zero-order valence-corrected chi connectivity index (χ0v) is 10.6. The van der Waals surface area contributed by atoms with Gasteiger partial charge < -0.3 is 5.73 Å². The van der Waals surface area contributed by atoms with E-state index in [1.54, 1.807) is 17.6 Å². The second-order valence-electron chi connectivity index (χ2n) is 4.83. The lowest BCUT2D eigenvalue weighted by Gasteiger charge is -2.28. The smallest absolute Gasteiger partial charge is 0.270 e. The molecule has 6 nitrogen and oxygen atoms in total. The second-order valence-corrected chi connectivity index (χ2v) is 4.83. The van der Waals surface area contributed by atoms with Gasteiger partial charge in [-0.3, -0.25) is 9.36 Å². The molecule has 3 rings (SSSR count). The van der Waals surface area contributed by atoms with Crippen LogP contribution in [0.1, 0.15) is 36.6 Å². The lowest BCUT2D eigenvalue weighted by molar-refractivity contribution is 0.313. The number of aryl methyl sites for hydroxylation is 1. The molecule has 0 atom stereocenters. The molecule has 1 saturated carbocycles. The third kappa shape index (κ3) is 1.66. The number of pyridine rings is 1. The highest BCUT2D eigenvalue weighted by atomic mass is 16.1. The normalized spacial score (nSPS) is 15.2. The van der Waals surface area contributed by atoms with Crippen molar-refractivity contribution in [3.8, 4) is 6.07 Å². The minimum Gasteiger partial charge on any atom is -0.368 e. The van der Waals surface area contributed by atoms with Gasteiger partial charge in [-0.15, -0.1) is 0 Å². The molecule has 0 aliphatic heterocycles. The molecule has 0 saturated heterocycles. The molecule has 0 bridgehead atoms. The fraction of sp³-hybridized carbons (Fsp3) is 0.385. The fourth-order valence-corrected chi connectivity index (χ4v) is 2.44. The monoisotopic (exact) mass is 255 g/mol. The highest BCUT2D eigenvalue weighted by Crippen LogP contribution is 2.32. The first-order valence-electron chi connectivity index (χ1n) is 6.21. The number of fused-ring (bicyclic) bond motifs is 1. The summed E-state index contributed by atoms with van der Waals surface area (Å²) in [6.07, 6.45) is 2.97. The Labute approximate surface area is 109 Å². The minimum atomic E-state index is -0.280. The number of nitrogen functional groups attached to an aromatic ring is 1. The summed E-state index contributed by atoms with van der Waals surface area (Å²) >= 11 is 0. The van der Waals surface area contributed by atoms with E-state index < -0.39 is 0 Å². The number of nitriles is 1. The van der Waals surface area contributed by atoms with Crippen LogP contribution in [-0.4, -0.2) is 14.5 Å². The van der Waals surface area contributed by atoms with Crippen molar-refractivity contribution in [1.29, 1.82) is 5.26 Å². The Morgan fingerprint density at radius 3 is 2.79 bits per heavy atom. The van der Waals surface area contributed by atoms with Crippen molar-refractivity contribution in [3.63, 3.8) is 0 Å². The van der Waals surface area contributed by atoms with Gasteiger partial charge in [0.15, 0.2) is 0 Å². The predicted octanol–water partition coefficient (Wildman–Crippen LogP) is 1.28. The number of aromatic nitrogens is 3. The molecule has 0 unspecified atom stereocenters. The molecular formula is C13H13N5O. The Kier molecular flexibility index (Phi) is 2.49. The van der Waals surface area contributed by atoms with Gasteiger partial charge in [0.2, 0.25) is 5.95 Å².